The number of thiocarbonyl (C=S) groups is 1. The van der Waals surface area contributed by atoms with Crippen molar-refractivity contribution in [2.75, 3.05) is 26.1 Å². The van der Waals surface area contributed by atoms with Crippen molar-refractivity contribution in [1.29, 1.82) is 0 Å². The standard InChI is InChI=1S/C11H16N2O2S.C5H8N2.C4H8.C4H6.C2H6/c1-4-12-11(16)13-8-5-6-9(14-2)10(7-8)15-3;1-2-7-4-3-6-5-7;2*1-3-4-2;1-2/h5-7H,4H2,1-3H3,(H2,12,13,16);3-5H,2H2,1H3;3-4H,1-2H3;3-4H,1-2H2;1-2H3/b;;4-3-;;. The Labute approximate surface area is 207 Å². The van der Waals surface area contributed by atoms with E-state index in [0.717, 1.165) is 18.8 Å². The lowest BCUT2D eigenvalue weighted by molar-refractivity contribution is 0.355. The van der Waals surface area contributed by atoms with Crippen LogP contribution in [-0.2, 0) is 6.54 Å². The zero-order chi connectivity index (χ0) is 25.9. The molecule has 0 aliphatic rings. The molecule has 2 aromatic rings. The van der Waals surface area contributed by atoms with Gasteiger partial charge in [-0.15, -0.1) is 0 Å². The Balaban J connectivity index is -0.000000435. The van der Waals surface area contributed by atoms with Gasteiger partial charge in [-0.3, -0.25) is 0 Å². The number of hydrogen-bond acceptors (Lipinski definition) is 4. The molecule has 1 heterocycles. The maximum absolute atomic E-state index is 5.19. The molecular formula is C26H44N4O2S. The summed E-state index contributed by atoms with van der Waals surface area (Å²) >= 11 is 5.08. The Morgan fingerprint density at radius 1 is 1.06 bits per heavy atom. The number of nitrogens with one attached hydrogen (secondary N) is 2. The van der Waals surface area contributed by atoms with Gasteiger partial charge in [0.15, 0.2) is 16.6 Å². The van der Waals surface area contributed by atoms with Crippen LogP contribution < -0.4 is 20.1 Å². The first-order chi connectivity index (χ1) is 16.0. The number of allylic oxidation sites excluding steroid dienone is 4. The maximum Gasteiger partial charge on any atom is 0.170 e. The van der Waals surface area contributed by atoms with Crippen LogP contribution in [0.3, 0.4) is 0 Å². The average molecular weight is 477 g/mol. The van der Waals surface area contributed by atoms with E-state index in [4.69, 9.17) is 21.7 Å². The van der Waals surface area contributed by atoms with Gasteiger partial charge in [-0.2, -0.15) is 0 Å². The van der Waals surface area contributed by atoms with Crippen molar-refractivity contribution >= 4 is 23.0 Å². The van der Waals surface area contributed by atoms with Gasteiger partial charge in [0.2, 0.25) is 0 Å². The number of imidazole rings is 1. The predicted octanol–water partition coefficient (Wildman–Crippen LogP) is 6.88. The highest BCUT2D eigenvalue weighted by molar-refractivity contribution is 7.80. The van der Waals surface area contributed by atoms with E-state index in [1.165, 1.54) is 0 Å². The molecule has 1 aromatic heterocycles. The highest BCUT2D eigenvalue weighted by atomic mass is 32.1. The Bertz CT molecular complexity index is 735. The Morgan fingerprint density at radius 2 is 1.64 bits per heavy atom. The predicted molar refractivity (Wildman–Crippen MR) is 150 cm³/mol. The summed E-state index contributed by atoms with van der Waals surface area (Å²) in [6.45, 7) is 20.6. The summed E-state index contributed by atoms with van der Waals surface area (Å²) in [7, 11) is 3.21. The normalized spacial score (nSPS) is 8.48. The van der Waals surface area contributed by atoms with E-state index in [0.29, 0.717) is 16.6 Å². The third kappa shape index (κ3) is 20.6. The third-order valence-corrected chi connectivity index (χ3v) is 3.65. The Hall–Kier alpha value is -3.06. The van der Waals surface area contributed by atoms with Crippen LogP contribution in [0.5, 0.6) is 11.5 Å². The van der Waals surface area contributed by atoms with Crippen molar-refractivity contribution in [3.63, 3.8) is 0 Å². The third-order valence-electron chi connectivity index (χ3n) is 3.40. The van der Waals surface area contributed by atoms with E-state index >= 15 is 0 Å². The Kier molecular flexibility index (Phi) is 28.2. The van der Waals surface area contributed by atoms with Gasteiger partial charge in [-0.25, -0.2) is 4.98 Å². The summed E-state index contributed by atoms with van der Waals surface area (Å²) in [5.74, 6) is 1.37. The molecule has 0 fully saturated rings. The molecule has 0 unspecified atom stereocenters. The largest absolute Gasteiger partial charge is 0.493 e. The van der Waals surface area contributed by atoms with Gasteiger partial charge in [0, 0.05) is 37.2 Å². The van der Waals surface area contributed by atoms with Gasteiger partial charge < -0.3 is 24.7 Å². The smallest absolute Gasteiger partial charge is 0.170 e. The molecule has 0 bridgehead atoms. The molecule has 0 saturated carbocycles. The van der Waals surface area contributed by atoms with Gasteiger partial charge in [0.25, 0.3) is 0 Å². The quantitative estimate of drug-likeness (QED) is 0.269. The molecule has 0 saturated heterocycles. The first-order valence-electron chi connectivity index (χ1n) is 11.0. The monoisotopic (exact) mass is 476 g/mol. The summed E-state index contributed by atoms with van der Waals surface area (Å²) in [5, 5.41) is 6.65. The van der Waals surface area contributed by atoms with Gasteiger partial charge in [-0.05, 0) is 52.0 Å². The summed E-state index contributed by atoms with van der Waals surface area (Å²) in [6, 6.07) is 5.54. The van der Waals surface area contributed by atoms with Crippen LogP contribution in [0.1, 0.15) is 41.5 Å². The molecule has 0 aliphatic carbocycles. The van der Waals surface area contributed by atoms with Crippen LogP contribution in [0, 0.1) is 0 Å². The molecule has 1 aromatic carbocycles. The van der Waals surface area contributed by atoms with Gasteiger partial charge >= 0.3 is 0 Å². The number of benzene rings is 1. The number of aromatic nitrogens is 2. The fourth-order valence-corrected chi connectivity index (χ4v) is 1.99. The van der Waals surface area contributed by atoms with E-state index in [9.17, 15) is 0 Å². The van der Waals surface area contributed by atoms with Crippen LogP contribution >= 0.6 is 12.2 Å². The number of rotatable bonds is 6. The minimum absolute atomic E-state index is 0.592. The molecular weight excluding hydrogens is 432 g/mol. The first-order valence-corrected chi connectivity index (χ1v) is 11.4. The van der Waals surface area contributed by atoms with Crippen LogP contribution in [0.4, 0.5) is 5.69 Å². The number of anilines is 1. The van der Waals surface area contributed by atoms with E-state index in [-0.39, 0.29) is 0 Å². The lowest BCUT2D eigenvalue weighted by Crippen LogP contribution is -2.27. The second-order valence-electron chi connectivity index (χ2n) is 5.59. The van der Waals surface area contributed by atoms with Crippen molar-refractivity contribution < 1.29 is 9.47 Å². The summed E-state index contributed by atoms with van der Waals surface area (Å²) in [5.41, 5.74) is 0.864. The number of hydrogen-bond donors (Lipinski definition) is 2. The van der Waals surface area contributed by atoms with Crippen molar-refractivity contribution in [2.24, 2.45) is 0 Å². The van der Waals surface area contributed by atoms with Gasteiger partial charge in [0.1, 0.15) is 0 Å². The van der Waals surface area contributed by atoms with Gasteiger partial charge in [-0.1, -0.05) is 51.3 Å². The molecule has 186 valence electrons. The molecule has 0 radical (unpaired) electrons. The van der Waals surface area contributed by atoms with Gasteiger partial charge in [0.05, 0.1) is 20.5 Å². The number of ether oxygens (including phenoxy) is 2. The second kappa shape index (κ2) is 27.0. The number of methoxy groups -OCH3 is 2. The van der Waals surface area contributed by atoms with Crippen molar-refractivity contribution in [3.8, 4) is 11.5 Å². The molecule has 33 heavy (non-hydrogen) atoms. The molecule has 0 aliphatic heterocycles. The van der Waals surface area contributed by atoms with Crippen LogP contribution in [0.2, 0.25) is 0 Å². The average Bonchev–Trinajstić information content (AvgIpc) is 3.40. The zero-order valence-corrected chi connectivity index (χ0v) is 22.5. The number of aryl methyl sites for hydroxylation is 1. The molecule has 6 nitrogen and oxygen atoms in total. The van der Waals surface area contributed by atoms with E-state index in [1.807, 2.05) is 75.7 Å². The SMILES string of the molecule is C/C=C\C.C=CC=C.CC.CCNC(=S)Nc1ccc(OC)c(OC)c1.CCn1ccnc1. The van der Waals surface area contributed by atoms with Crippen LogP contribution in [0.15, 0.2) is 74.4 Å². The van der Waals surface area contributed by atoms with Crippen LogP contribution in [0.25, 0.3) is 0 Å². The summed E-state index contributed by atoms with van der Waals surface area (Å²) in [4.78, 5) is 3.86. The first kappa shape index (κ1) is 34.6. The number of nitrogens with zero attached hydrogens (tertiary/aromatic N) is 2. The molecule has 2 N–H and O–H groups in total. The van der Waals surface area contributed by atoms with Crippen molar-refractivity contribution in [2.45, 2.75) is 48.1 Å². The molecule has 7 heteroatoms. The molecule has 0 amide bonds. The van der Waals surface area contributed by atoms with E-state index < -0.39 is 0 Å². The molecule has 0 spiro atoms. The highest BCUT2D eigenvalue weighted by Gasteiger charge is 2.04. The fraction of sp³-hybridized carbons (Fsp3) is 0.385. The van der Waals surface area contributed by atoms with E-state index in [1.54, 1.807) is 38.9 Å². The maximum atomic E-state index is 5.19. The molecule has 0 atom stereocenters. The highest BCUT2D eigenvalue weighted by Crippen LogP contribution is 2.29. The van der Waals surface area contributed by atoms with Crippen molar-refractivity contribution in [1.82, 2.24) is 14.9 Å². The Morgan fingerprint density at radius 3 is 1.97 bits per heavy atom. The molecule has 2 rings (SSSR count). The lowest BCUT2D eigenvalue weighted by Gasteiger charge is -2.12. The topological polar surface area (TPSA) is 60.3 Å². The minimum Gasteiger partial charge on any atom is -0.493 e. The zero-order valence-electron chi connectivity index (χ0n) is 21.7. The summed E-state index contributed by atoms with van der Waals surface area (Å²) in [6.07, 6.45) is 12.8. The fourth-order valence-electron chi connectivity index (χ4n) is 1.72. The van der Waals surface area contributed by atoms with Crippen molar-refractivity contribution in [3.05, 3.63) is 74.4 Å². The van der Waals surface area contributed by atoms with E-state index in [2.05, 4.69) is 35.7 Å². The lowest BCUT2D eigenvalue weighted by atomic mass is 10.3. The summed E-state index contributed by atoms with van der Waals surface area (Å²) < 4.78 is 12.3. The second-order valence-corrected chi connectivity index (χ2v) is 5.99. The minimum atomic E-state index is 0.592. The van der Waals surface area contributed by atoms with Crippen LogP contribution in [-0.4, -0.2) is 35.4 Å².